The van der Waals surface area contributed by atoms with Gasteiger partial charge in [0.1, 0.15) is 6.10 Å². The highest BCUT2D eigenvalue weighted by Crippen LogP contribution is 2.00. The number of aromatic nitrogens is 1. The third-order valence-electron chi connectivity index (χ3n) is 2.74. The molecule has 108 valence electrons. The Bertz CT molecular complexity index is 306. The number of hydrogen-bond acceptors (Lipinski definition) is 4. The van der Waals surface area contributed by atoms with Gasteiger partial charge in [0.15, 0.2) is 0 Å². The summed E-state index contributed by atoms with van der Waals surface area (Å²) in [6.45, 7) is 3.95. The maximum Gasteiger partial charge on any atom is 0.101 e. The van der Waals surface area contributed by atoms with Gasteiger partial charge in [0.2, 0.25) is 0 Å². The van der Waals surface area contributed by atoms with Crippen molar-refractivity contribution in [3.05, 3.63) is 30.1 Å². The van der Waals surface area contributed by atoms with Crippen LogP contribution in [-0.2, 0) is 16.1 Å². The van der Waals surface area contributed by atoms with E-state index in [1.165, 1.54) is 19.3 Å². The summed E-state index contributed by atoms with van der Waals surface area (Å²) in [4.78, 5) is 4.14. The van der Waals surface area contributed by atoms with Gasteiger partial charge in [-0.25, -0.2) is 0 Å². The molecule has 0 spiro atoms. The highest BCUT2D eigenvalue weighted by Gasteiger charge is 2.04. The van der Waals surface area contributed by atoms with E-state index < -0.39 is 6.10 Å². The summed E-state index contributed by atoms with van der Waals surface area (Å²) < 4.78 is 10.8. The molecule has 1 atom stereocenters. The molecule has 4 heteroatoms. The van der Waals surface area contributed by atoms with Crippen LogP contribution in [0.2, 0.25) is 0 Å². The molecule has 0 fully saturated rings. The van der Waals surface area contributed by atoms with Gasteiger partial charge in [0.25, 0.3) is 0 Å². The lowest BCUT2D eigenvalue weighted by atomic mass is 10.2. The smallest absolute Gasteiger partial charge is 0.101 e. The van der Waals surface area contributed by atoms with E-state index in [0.29, 0.717) is 13.2 Å². The van der Waals surface area contributed by atoms with Crippen molar-refractivity contribution in [3.63, 3.8) is 0 Å². The van der Waals surface area contributed by atoms with E-state index in [2.05, 4.69) is 11.9 Å². The molecule has 0 aromatic carbocycles. The Morgan fingerprint density at radius 1 is 1.16 bits per heavy atom. The van der Waals surface area contributed by atoms with Crippen LogP contribution in [0.3, 0.4) is 0 Å². The molecule has 0 saturated carbocycles. The lowest BCUT2D eigenvalue weighted by Gasteiger charge is -2.11. The number of aliphatic hydroxyl groups is 1. The molecule has 19 heavy (non-hydrogen) atoms. The second-order valence-corrected chi connectivity index (χ2v) is 4.63. The summed E-state index contributed by atoms with van der Waals surface area (Å²) in [5.74, 6) is 0. The molecular weight excluding hydrogens is 242 g/mol. The molecule has 0 aliphatic carbocycles. The molecule has 0 radical (unpaired) electrons. The van der Waals surface area contributed by atoms with Crippen LogP contribution < -0.4 is 0 Å². The van der Waals surface area contributed by atoms with Crippen molar-refractivity contribution < 1.29 is 14.6 Å². The van der Waals surface area contributed by atoms with E-state index in [0.717, 1.165) is 18.7 Å². The minimum absolute atomic E-state index is 0.283. The molecule has 0 aliphatic heterocycles. The summed E-state index contributed by atoms with van der Waals surface area (Å²) in [6, 6.07) is 5.68. The van der Waals surface area contributed by atoms with E-state index in [1.54, 1.807) is 6.20 Å². The van der Waals surface area contributed by atoms with Gasteiger partial charge in [0.05, 0.1) is 25.5 Å². The van der Waals surface area contributed by atoms with Crippen molar-refractivity contribution in [1.82, 2.24) is 4.98 Å². The Hall–Kier alpha value is -0.970. The fourth-order valence-electron chi connectivity index (χ4n) is 1.68. The molecule has 1 aromatic rings. The number of pyridine rings is 1. The highest BCUT2D eigenvalue weighted by molar-refractivity contribution is 5.01. The normalized spacial score (nSPS) is 12.5. The molecule has 0 amide bonds. The van der Waals surface area contributed by atoms with Gasteiger partial charge >= 0.3 is 0 Å². The lowest BCUT2D eigenvalue weighted by molar-refractivity contribution is -0.0245. The first-order chi connectivity index (χ1) is 9.33. The first-order valence-corrected chi connectivity index (χ1v) is 7.06. The molecule has 1 N–H and O–H groups in total. The van der Waals surface area contributed by atoms with Gasteiger partial charge in [-0.2, -0.15) is 0 Å². The van der Waals surface area contributed by atoms with Gasteiger partial charge < -0.3 is 14.6 Å². The summed E-state index contributed by atoms with van der Waals surface area (Å²) in [5, 5.41) is 9.66. The molecule has 1 heterocycles. The van der Waals surface area contributed by atoms with Crippen LogP contribution in [0.1, 0.15) is 38.3 Å². The van der Waals surface area contributed by atoms with Crippen molar-refractivity contribution in [2.75, 3.05) is 19.8 Å². The molecule has 0 saturated heterocycles. The van der Waals surface area contributed by atoms with Gasteiger partial charge in [0, 0.05) is 12.8 Å². The molecule has 1 aromatic heterocycles. The Balaban J connectivity index is 1.94. The Labute approximate surface area is 115 Å². The zero-order valence-corrected chi connectivity index (χ0v) is 11.8. The van der Waals surface area contributed by atoms with E-state index in [4.69, 9.17) is 9.47 Å². The molecule has 0 aliphatic rings. The van der Waals surface area contributed by atoms with Crippen molar-refractivity contribution in [2.24, 2.45) is 0 Å². The van der Waals surface area contributed by atoms with Gasteiger partial charge in [-0.05, 0) is 18.6 Å². The molecular formula is C15H25NO3. The number of ether oxygens (including phenoxy) is 2. The zero-order valence-electron chi connectivity index (χ0n) is 11.8. The second-order valence-electron chi connectivity index (χ2n) is 4.63. The Kier molecular flexibility index (Phi) is 9.23. The minimum Gasteiger partial charge on any atom is -0.388 e. The monoisotopic (exact) mass is 267 g/mol. The average Bonchev–Trinajstić information content (AvgIpc) is 2.44. The summed E-state index contributed by atoms with van der Waals surface area (Å²) in [6.07, 6.45) is 5.91. The number of aliphatic hydroxyl groups excluding tert-OH is 1. The molecule has 1 rings (SSSR count). The topological polar surface area (TPSA) is 51.6 Å². The van der Waals surface area contributed by atoms with Crippen LogP contribution in [0.5, 0.6) is 0 Å². The van der Waals surface area contributed by atoms with E-state index >= 15 is 0 Å². The van der Waals surface area contributed by atoms with Crippen molar-refractivity contribution >= 4 is 0 Å². The summed E-state index contributed by atoms with van der Waals surface area (Å²) in [7, 11) is 0. The van der Waals surface area contributed by atoms with E-state index in [-0.39, 0.29) is 6.61 Å². The van der Waals surface area contributed by atoms with Gasteiger partial charge in [-0.3, -0.25) is 4.98 Å². The zero-order chi connectivity index (χ0) is 13.8. The van der Waals surface area contributed by atoms with E-state index in [1.807, 2.05) is 18.2 Å². The van der Waals surface area contributed by atoms with Crippen LogP contribution in [0.4, 0.5) is 0 Å². The molecule has 0 bridgehead atoms. The van der Waals surface area contributed by atoms with Crippen LogP contribution in [0, 0.1) is 0 Å². The van der Waals surface area contributed by atoms with Crippen molar-refractivity contribution in [1.29, 1.82) is 0 Å². The van der Waals surface area contributed by atoms with Gasteiger partial charge in [-0.15, -0.1) is 0 Å². The van der Waals surface area contributed by atoms with Crippen LogP contribution in [0.15, 0.2) is 24.4 Å². The fourth-order valence-corrected chi connectivity index (χ4v) is 1.68. The SMILES string of the molecule is CCCCCCOCC(O)COCc1ccccn1. The lowest BCUT2D eigenvalue weighted by Crippen LogP contribution is -2.22. The fraction of sp³-hybridized carbons (Fsp3) is 0.667. The third-order valence-corrected chi connectivity index (χ3v) is 2.74. The number of rotatable bonds is 11. The second kappa shape index (κ2) is 10.9. The van der Waals surface area contributed by atoms with Crippen molar-refractivity contribution in [3.8, 4) is 0 Å². The predicted octanol–water partition coefficient (Wildman–Crippen LogP) is 2.56. The Morgan fingerprint density at radius 3 is 2.74 bits per heavy atom. The van der Waals surface area contributed by atoms with Crippen LogP contribution >= 0.6 is 0 Å². The number of nitrogens with zero attached hydrogens (tertiary/aromatic N) is 1. The molecule has 4 nitrogen and oxygen atoms in total. The predicted molar refractivity (Wildman–Crippen MR) is 74.9 cm³/mol. The summed E-state index contributed by atoms with van der Waals surface area (Å²) >= 11 is 0. The Morgan fingerprint density at radius 2 is 2.00 bits per heavy atom. The van der Waals surface area contributed by atoms with Crippen LogP contribution in [0.25, 0.3) is 0 Å². The third kappa shape index (κ3) is 8.70. The number of unbranched alkanes of at least 4 members (excludes halogenated alkanes) is 3. The maximum atomic E-state index is 9.66. The van der Waals surface area contributed by atoms with Crippen LogP contribution in [-0.4, -0.2) is 36.0 Å². The maximum absolute atomic E-state index is 9.66. The van der Waals surface area contributed by atoms with Gasteiger partial charge in [-0.1, -0.05) is 32.3 Å². The average molecular weight is 267 g/mol. The standard InChI is InChI=1S/C15H25NO3/c1-2-3-4-7-10-18-12-15(17)13-19-11-14-8-5-6-9-16-14/h5-6,8-9,15,17H,2-4,7,10-13H2,1H3. The summed E-state index contributed by atoms with van der Waals surface area (Å²) in [5.41, 5.74) is 0.871. The largest absolute Gasteiger partial charge is 0.388 e. The first kappa shape index (κ1) is 16.1. The van der Waals surface area contributed by atoms with E-state index in [9.17, 15) is 5.11 Å². The van der Waals surface area contributed by atoms with Crippen molar-refractivity contribution in [2.45, 2.75) is 45.3 Å². The minimum atomic E-state index is -0.560. The number of hydrogen-bond donors (Lipinski definition) is 1. The highest BCUT2D eigenvalue weighted by atomic mass is 16.5. The quantitative estimate of drug-likeness (QED) is 0.626. The first-order valence-electron chi connectivity index (χ1n) is 7.06. The molecule has 1 unspecified atom stereocenters.